The van der Waals surface area contributed by atoms with Crippen LogP contribution in [0.15, 0.2) is 23.9 Å². The molecule has 1 heterocycles. The Morgan fingerprint density at radius 2 is 2.22 bits per heavy atom. The van der Waals surface area contributed by atoms with Crippen LogP contribution in [0.4, 0.5) is 0 Å². The molecule has 0 aromatic heterocycles. The molecule has 1 aliphatic rings. The van der Waals surface area contributed by atoms with E-state index in [1.54, 1.807) is 0 Å². The Hall–Kier alpha value is -1.25. The molecule has 18 heavy (non-hydrogen) atoms. The van der Waals surface area contributed by atoms with E-state index in [0.717, 1.165) is 31.6 Å². The van der Waals surface area contributed by atoms with Crippen molar-refractivity contribution in [3.8, 4) is 0 Å². The zero-order valence-corrected chi connectivity index (χ0v) is 12.1. The number of likely N-dealkylation sites (N-methyl/N-ethyl adjacent to an activating group) is 1. The molecule has 0 unspecified atom stereocenters. The number of hydrogen-bond donors (Lipinski definition) is 0. The lowest BCUT2D eigenvalue weighted by Gasteiger charge is -2.42. The van der Waals surface area contributed by atoms with E-state index in [1.807, 2.05) is 0 Å². The van der Waals surface area contributed by atoms with E-state index in [1.165, 1.54) is 12.5 Å². The van der Waals surface area contributed by atoms with Crippen molar-refractivity contribution < 1.29 is 9.53 Å². The highest BCUT2D eigenvalue weighted by Crippen LogP contribution is 2.40. The predicted octanol–water partition coefficient (Wildman–Crippen LogP) is 3.13. The molecule has 0 spiro atoms. The largest absolute Gasteiger partial charge is 0.466 e. The van der Waals surface area contributed by atoms with Crippen LogP contribution in [-0.4, -0.2) is 30.6 Å². The molecule has 3 heteroatoms. The second-order valence-corrected chi connectivity index (χ2v) is 5.41. The fraction of sp³-hybridized carbons (Fsp3) is 0.667. The Kier molecular flexibility index (Phi) is 5.00. The van der Waals surface area contributed by atoms with Crippen LogP contribution in [0.3, 0.4) is 0 Å². The first-order chi connectivity index (χ1) is 8.38. The lowest BCUT2D eigenvalue weighted by molar-refractivity contribution is -0.140. The Morgan fingerprint density at radius 3 is 2.78 bits per heavy atom. The van der Waals surface area contributed by atoms with E-state index in [9.17, 15) is 4.79 Å². The molecule has 1 saturated heterocycles. The molecule has 1 fully saturated rings. The zero-order valence-electron chi connectivity index (χ0n) is 12.1. The van der Waals surface area contributed by atoms with E-state index >= 15 is 0 Å². The standard InChI is InChI=1S/C15H25NO2/c1-6-16-10-9-15(4,5)14(12(16)2)8-7-11-18-13(3)17/h8H,2,6-7,9-11H2,1,3-5H3/b14-8+. The Labute approximate surface area is 110 Å². The van der Waals surface area contributed by atoms with E-state index < -0.39 is 0 Å². The zero-order chi connectivity index (χ0) is 13.8. The molecule has 0 aromatic rings. The molecule has 0 saturated carbocycles. The minimum absolute atomic E-state index is 0.166. The number of ether oxygens (including phenoxy) is 1. The van der Waals surface area contributed by atoms with Gasteiger partial charge in [0.15, 0.2) is 0 Å². The van der Waals surface area contributed by atoms with Crippen molar-refractivity contribution >= 4 is 5.97 Å². The summed E-state index contributed by atoms with van der Waals surface area (Å²) < 4.78 is 4.96. The summed E-state index contributed by atoms with van der Waals surface area (Å²) in [6.45, 7) is 14.8. The fourth-order valence-corrected chi connectivity index (χ4v) is 2.39. The van der Waals surface area contributed by atoms with Crippen molar-refractivity contribution in [2.24, 2.45) is 5.41 Å². The average molecular weight is 251 g/mol. The van der Waals surface area contributed by atoms with Crippen LogP contribution < -0.4 is 0 Å². The summed E-state index contributed by atoms with van der Waals surface area (Å²) in [6, 6.07) is 0. The first-order valence-corrected chi connectivity index (χ1v) is 6.66. The molecule has 0 atom stereocenters. The monoisotopic (exact) mass is 251 g/mol. The van der Waals surface area contributed by atoms with Crippen LogP contribution in [0, 0.1) is 5.41 Å². The molecule has 0 aliphatic carbocycles. The van der Waals surface area contributed by atoms with Gasteiger partial charge in [0, 0.05) is 32.1 Å². The maximum atomic E-state index is 10.7. The lowest BCUT2D eigenvalue weighted by atomic mass is 9.76. The third-order valence-corrected chi connectivity index (χ3v) is 3.58. The molecule has 1 rings (SSSR count). The third-order valence-electron chi connectivity index (χ3n) is 3.58. The highest BCUT2D eigenvalue weighted by atomic mass is 16.5. The molecular weight excluding hydrogens is 226 g/mol. The molecule has 0 bridgehead atoms. The van der Waals surface area contributed by atoms with Crippen LogP contribution >= 0.6 is 0 Å². The number of esters is 1. The number of likely N-dealkylation sites (tertiary alicyclic amines) is 1. The summed E-state index contributed by atoms with van der Waals surface area (Å²) in [7, 11) is 0. The summed E-state index contributed by atoms with van der Waals surface area (Å²) in [4.78, 5) is 13.0. The van der Waals surface area contributed by atoms with Gasteiger partial charge in [0.05, 0.1) is 6.61 Å². The number of rotatable bonds is 4. The van der Waals surface area contributed by atoms with Crippen LogP contribution in [-0.2, 0) is 9.53 Å². The molecule has 102 valence electrons. The van der Waals surface area contributed by atoms with E-state index in [-0.39, 0.29) is 11.4 Å². The number of allylic oxidation sites excluding steroid dienone is 1. The summed E-state index contributed by atoms with van der Waals surface area (Å²) in [6.07, 6.45) is 4.07. The highest BCUT2D eigenvalue weighted by molar-refractivity contribution is 5.65. The summed E-state index contributed by atoms with van der Waals surface area (Å²) in [5.74, 6) is -0.217. The van der Waals surface area contributed by atoms with Gasteiger partial charge in [0.1, 0.15) is 0 Å². The summed E-state index contributed by atoms with van der Waals surface area (Å²) in [5.41, 5.74) is 2.58. The van der Waals surface area contributed by atoms with Gasteiger partial charge < -0.3 is 9.64 Å². The molecule has 0 radical (unpaired) electrons. The van der Waals surface area contributed by atoms with Gasteiger partial charge in [0.2, 0.25) is 0 Å². The number of piperidine rings is 1. The van der Waals surface area contributed by atoms with E-state index in [0.29, 0.717) is 6.61 Å². The van der Waals surface area contributed by atoms with Crippen molar-refractivity contribution in [3.05, 3.63) is 23.9 Å². The first-order valence-electron chi connectivity index (χ1n) is 6.66. The van der Waals surface area contributed by atoms with Crippen LogP contribution in [0.5, 0.6) is 0 Å². The summed E-state index contributed by atoms with van der Waals surface area (Å²) in [5, 5.41) is 0. The molecule has 0 N–H and O–H groups in total. The smallest absolute Gasteiger partial charge is 0.302 e. The number of carbonyl (C=O) groups excluding carboxylic acids is 1. The first kappa shape index (κ1) is 14.8. The molecule has 0 aromatic carbocycles. The van der Waals surface area contributed by atoms with Gasteiger partial charge in [-0.1, -0.05) is 26.5 Å². The molecular formula is C15H25NO2. The van der Waals surface area contributed by atoms with Gasteiger partial charge in [-0.2, -0.15) is 0 Å². The van der Waals surface area contributed by atoms with Gasteiger partial charge >= 0.3 is 5.97 Å². The molecule has 0 amide bonds. The third kappa shape index (κ3) is 3.62. The van der Waals surface area contributed by atoms with E-state index in [2.05, 4.69) is 38.3 Å². The maximum absolute atomic E-state index is 10.7. The maximum Gasteiger partial charge on any atom is 0.302 e. The SMILES string of the molecule is C=C1/C(=C\CCOC(C)=O)C(C)(C)CCN1CC. The normalized spacial score (nSPS) is 21.2. The topological polar surface area (TPSA) is 29.5 Å². The van der Waals surface area contributed by atoms with Crippen molar-refractivity contribution in [2.75, 3.05) is 19.7 Å². The van der Waals surface area contributed by atoms with Crippen LogP contribution in [0.1, 0.15) is 40.5 Å². The quantitative estimate of drug-likeness (QED) is 0.568. The number of carbonyl (C=O) groups is 1. The van der Waals surface area contributed by atoms with Crippen LogP contribution in [0.25, 0.3) is 0 Å². The second kappa shape index (κ2) is 6.07. The molecule has 3 nitrogen and oxygen atoms in total. The van der Waals surface area contributed by atoms with Crippen molar-refractivity contribution in [1.29, 1.82) is 0 Å². The van der Waals surface area contributed by atoms with Gasteiger partial charge in [-0.25, -0.2) is 0 Å². The van der Waals surface area contributed by atoms with Gasteiger partial charge in [-0.3, -0.25) is 4.79 Å². The van der Waals surface area contributed by atoms with Gasteiger partial charge in [-0.15, -0.1) is 0 Å². The second-order valence-electron chi connectivity index (χ2n) is 5.41. The fourth-order valence-electron chi connectivity index (χ4n) is 2.39. The number of hydrogen-bond acceptors (Lipinski definition) is 3. The Bertz CT molecular complexity index is 356. The van der Waals surface area contributed by atoms with Crippen molar-refractivity contribution in [1.82, 2.24) is 4.90 Å². The van der Waals surface area contributed by atoms with E-state index in [4.69, 9.17) is 4.74 Å². The summed E-state index contributed by atoms with van der Waals surface area (Å²) >= 11 is 0. The Balaban J connectivity index is 2.70. The highest BCUT2D eigenvalue weighted by Gasteiger charge is 2.31. The lowest BCUT2D eigenvalue weighted by Crippen LogP contribution is -2.37. The van der Waals surface area contributed by atoms with Gasteiger partial charge in [0.25, 0.3) is 0 Å². The predicted molar refractivity (Wildman–Crippen MR) is 74.1 cm³/mol. The number of nitrogens with zero attached hydrogens (tertiary/aromatic N) is 1. The minimum Gasteiger partial charge on any atom is -0.466 e. The average Bonchev–Trinajstić information content (AvgIpc) is 2.27. The Morgan fingerprint density at radius 1 is 1.56 bits per heavy atom. The van der Waals surface area contributed by atoms with Gasteiger partial charge in [-0.05, 0) is 24.3 Å². The van der Waals surface area contributed by atoms with Crippen LogP contribution in [0.2, 0.25) is 0 Å². The van der Waals surface area contributed by atoms with Crippen molar-refractivity contribution in [2.45, 2.75) is 40.5 Å². The molecule has 1 aliphatic heterocycles. The van der Waals surface area contributed by atoms with Crippen molar-refractivity contribution in [3.63, 3.8) is 0 Å². The minimum atomic E-state index is -0.217.